The zero-order valence-electron chi connectivity index (χ0n) is 11.4. The fraction of sp³-hybridized carbons (Fsp3) is 0.462. The average Bonchev–Trinajstić information content (AvgIpc) is 2.98. The summed E-state index contributed by atoms with van der Waals surface area (Å²) in [4.78, 5) is 17.5. The van der Waals surface area contributed by atoms with Crippen LogP contribution in [0.2, 0.25) is 0 Å². The van der Waals surface area contributed by atoms with Crippen molar-refractivity contribution in [1.82, 2.24) is 14.8 Å². The number of thiazole rings is 1. The van der Waals surface area contributed by atoms with Crippen molar-refractivity contribution in [2.24, 2.45) is 0 Å². The van der Waals surface area contributed by atoms with E-state index in [0.29, 0.717) is 11.6 Å². The van der Waals surface area contributed by atoms with Gasteiger partial charge in [0.15, 0.2) is 5.13 Å². The molecule has 2 heterocycles. The number of carbonyl (C=O) groups excluding carboxylic acids is 1. The topological polar surface area (TPSA) is 59.8 Å². The van der Waals surface area contributed by atoms with Crippen LogP contribution in [0.4, 0.5) is 5.13 Å². The first-order chi connectivity index (χ1) is 9.10. The third-order valence-electron chi connectivity index (χ3n) is 2.93. The molecule has 0 saturated heterocycles. The molecule has 1 atom stereocenters. The maximum Gasteiger partial charge on any atom is 0.228 e. The van der Waals surface area contributed by atoms with E-state index in [0.717, 1.165) is 17.0 Å². The molecule has 0 bridgehead atoms. The molecule has 0 aliphatic rings. The predicted molar refractivity (Wildman–Crippen MR) is 76.4 cm³/mol. The van der Waals surface area contributed by atoms with E-state index in [1.165, 1.54) is 11.3 Å². The van der Waals surface area contributed by atoms with E-state index in [4.69, 9.17) is 0 Å². The molecule has 6 heteroatoms. The highest BCUT2D eigenvalue weighted by Gasteiger charge is 2.13. The fourth-order valence-electron chi connectivity index (χ4n) is 1.88. The number of amides is 1. The zero-order valence-corrected chi connectivity index (χ0v) is 12.2. The Kier molecular flexibility index (Phi) is 4.31. The molecular weight excluding hydrogens is 260 g/mol. The lowest BCUT2D eigenvalue weighted by Gasteiger charge is -2.10. The van der Waals surface area contributed by atoms with Crippen LogP contribution in [0.5, 0.6) is 0 Å². The highest BCUT2D eigenvalue weighted by molar-refractivity contribution is 7.15. The van der Waals surface area contributed by atoms with Gasteiger partial charge in [0.05, 0.1) is 11.7 Å². The summed E-state index contributed by atoms with van der Waals surface area (Å²) in [6.45, 7) is 6.06. The lowest BCUT2D eigenvalue weighted by atomic mass is 10.2. The number of aromatic nitrogens is 3. The molecule has 102 valence electrons. The molecule has 1 N–H and O–H groups in total. The third-order valence-corrected chi connectivity index (χ3v) is 3.86. The standard InChI is InChI=1S/C13H18N4OS/c1-4-11-10(3)19-13(15-11)16-12(18)8-9(2)17-7-5-6-14-17/h5-7,9H,4,8H2,1-3H3,(H,15,16,18)/t9-/m1/s1. The minimum atomic E-state index is -0.0283. The molecule has 0 radical (unpaired) electrons. The normalized spacial score (nSPS) is 12.4. The van der Waals surface area contributed by atoms with Crippen molar-refractivity contribution in [3.8, 4) is 0 Å². The van der Waals surface area contributed by atoms with E-state index in [9.17, 15) is 4.79 Å². The molecule has 0 fully saturated rings. The number of anilines is 1. The van der Waals surface area contributed by atoms with Crippen molar-refractivity contribution >= 4 is 22.4 Å². The van der Waals surface area contributed by atoms with Gasteiger partial charge < -0.3 is 5.32 Å². The van der Waals surface area contributed by atoms with Crippen LogP contribution in [0, 0.1) is 6.92 Å². The number of hydrogen-bond donors (Lipinski definition) is 1. The average molecular weight is 278 g/mol. The molecule has 2 aromatic heterocycles. The molecular formula is C13H18N4OS. The van der Waals surface area contributed by atoms with Gasteiger partial charge in [-0.25, -0.2) is 4.98 Å². The molecule has 0 unspecified atom stereocenters. The molecule has 19 heavy (non-hydrogen) atoms. The lowest BCUT2D eigenvalue weighted by molar-refractivity contribution is -0.116. The van der Waals surface area contributed by atoms with Gasteiger partial charge in [-0.15, -0.1) is 11.3 Å². The number of nitrogens with one attached hydrogen (secondary N) is 1. The van der Waals surface area contributed by atoms with E-state index in [1.807, 2.05) is 26.1 Å². The van der Waals surface area contributed by atoms with Gasteiger partial charge in [0.2, 0.25) is 5.91 Å². The largest absolute Gasteiger partial charge is 0.302 e. The van der Waals surface area contributed by atoms with Gasteiger partial charge in [-0.1, -0.05) is 6.92 Å². The summed E-state index contributed by atoms with van der Waals surface area (Å²) < 4.78 is 1.78. The molecule has 0 spiro atoms. The van der Waals surface area contributed by atoms with E-state index in [1.54, 1.807) is 10.9 Å². The second-order valence-electron chi connectivity index (χ2n) is 4.46. The second kappa shape index (κ2) is 5.97. The lowest BCUT2D eigenvalue weighted by Crippen LogP contribution is -2.17. The van der Waals surface area contributed by atoms with Crippen molar-refractivity contribution in [3.05, 3.63) is 29.0 Å². The van der Waals surface area contributed by atoms with Crippen LogP contribution in [-0.2, 0) is 11.2 Å². The first-order valence-electron chi connectivity index (χ1n) is 6.35. The molecule has 1 amide bonds. The van der Waals surface area contributed by atoms with Crippen molar-refractivity contribution in [3.63, 3.8) is 0 Å². The highest BCUT2D eigenvalue weighted by atomic mass is 32.1. The summed E-state index contributed by atoms with van der Waals surface area (Å²) >= 11 is 1.53. The van der Waals surface area contributed by atoms with E-state index >= 15 is 0 Å². The summed E-state index contributed by atoms with van der Waals surface area (Å²) in [6.07, 6.45) is 4.86. The van der Waals surface area contributed by atoms with Crippen LogP contribution in [0.1, 0.15) is 36.9 Å². The Hall–Kier alpha value is -1.69. The van der Waals surface area contributed by atoms with Gasteiger partial charge in [0.25, 0.3) is 0 Å². The van der Waals surface area contributed by atoms with E-state index < -0.39 is 0 Å². The van der Waals surface area contributed by atoms with Crippen LogP contribution in [-0.4, -0.2) is 20.7 Å². The van der Waals surface area contributed by atoms with Crippen LogP contribution >= 0.6 is 11.3 Å². The van der Waals surface area contributed by atoms with Crippen LogP contribution in [0.25, 0.3) is 0 Å². The Labute approximate surface area is 116 Å². The SMILES string of the molecule is CCc1nc(NC(=O)C[C@@H](C)n2cccn2)sc1C. The summed E-state index contributed by atoms with van der Waals surface area (Å²) in [5.74, 6) is -0.0283. The van der Waals surface area contributed by atoms with Crippen molar-refractivity contribution < 1.29 is 4.79 Å². The van der Waals surface area contributed by atoms with Gasteiger partial charge in [-0.2, -0.15) is 5.10 Å². The molecule has 0 aliphatic heterocycles. The van der Waals surface area contributed by atoms with E-state index in [2.05, 4.69) is 22.3 Å². The van der Waals surface area contributed by atoms with Crippen LogP contribution < -0.4 is 5.32 Å². The number of aryl methyl sites for hydroxylation is 2. The van der Waals surface area contributed by atoms with Gasteiger partial charge in [-0.3, -0.25) is 9.48 Å². The molecule has 2 aromatic rings. The first-order valence-corrected chi connectivity index (χ1v) is 7.17. The molecule has 0 aliphatic carbocycles. The monoisotopic (exact) mass is 278 g/mol. The molecule has 5 nitrogen and oxygen atoms in total. The van der Waals surface area contributed by atoms with Gasteiger partial charge >= 0.3 is 0 Å². The minimum Gasteiger partial charge on any atom is -0.302 e. The predicted octanol–water partition coefficient (Wildman–Crippen LogP) is 2.80. The molecule has 0 saturated carbocycles. The van der Waals surface area contributed by atoms with Crippen molar-refractivity contribution in [1.29, 1.82) is 0 Å². The Morgan fingerprint density at radius 1 is 1.58 bits per heavy atom. The van der Waals surface area contributed by atoms with Gasteiger partial charge in [-0.05, 0) is 26.3 Å². The molecule has 0 aromatic carbocycles. The Balaban J connectivity index is 1.93. The summed E-state index contributed by atoms with van der Waals surface area (Å²) in [5, 5.41) is 7.68. The zero-order chi connectivity index (χ0) is 13.8. The fourth-order valence-corrected chi connectivity index (χ4v) is 2.80. The maximum absolute atomic E-state index is 11.9. The Morgan fingerprint density at radius 3 is 2.95 bits per heavy atom. The Bertz CT molecular complexity index is 547. The highest BCUT2D eigenvalue weighted by Crippen LogP contribution is 2.23. The molecule has 2 rings (SSSR count). The first kappa shape index (κ1) is 13.7. The van der Waals surface area contributed by atoms with Crippen molar-refractivity contribution in [2.45, 2.75) is 39.7 Å². The third kappa shape index (κ3) is 3.41. The number of hydrogen-bond acceptors (Lipinski definition) is 4. The number of rotatable bonds is 5. The Morgan fingerprint density at radius 2 is 2.37 bits per heavy atom. The minimum absolute atomic E-state index is 0.0283. The number of carbonyl (C=O) groups is 1. The van der Waals surface area contributed by atoms with Crippen molar-refractivity contribution in [2.75, 3.05) is 5.32 Å². The summed E-state index contributed by atoms with van der Waals surface area (Å²) in [5.41, 5.74) is 1.06. The summed E-state index contributed by atoms with van der Waals surface area (Å²) in [6, 6.07) is 1.90. The maximum atomic E-state index is 11.9. The van der Waals surface area contributed by atoms with Gasteiger partial charge in [0.1, 0.15) is 0 Å². The number of nitrogens with zero attached hydrogens (tertiary/aromatic N) is 3. The van der Waals surface area contributed by atoms with E-state index in [-0.39, 0.29) is 11.9 Å². The van der Waals surface area contributed by atoms with Crippen LogP contribution in [0.15, 0.2) is 18.5 Å². The van der Waals surface area contributed by atoms with Gasteiger partial charge in [0, 0.05) is 23.7 Å². The van der Waals surface area contributed by atoms with Crippen LogP contribution in [0.3, 0.4) is 0 Å². The second-order valence-corrected chi connectivity index (χ2v) is 5.67. The quantitative estimate of drug-likeness (QED) is 0.915. The summed E-state index contributed by atoms with van der Waals surface area (Å²) in [7, 11) is 0. The smallest absolute Gasteiger partial charge is 0.228 e.